The predicted octanol–water partition coefficient (Wildman–Crippen LogP) is 4.95. The summed E-state index contributed by atoms with van der Waals surface area (Å²) in [6.45, 7) is 4.31. The molecule has 2 heteroatoms. The monoisotopic (exact) mass is 276 g/mol. The molecule has 1 aromatic heterocycles. The minimum absolute atomic E-state index is 0.833. The first kappa shape index (κ1) is 13.7. The molecule has 0 saturated carbocycles. The van der Waals surface area contributed by atoms with Crippen LogP contribution in [0.3, 0.4) is 0 Å². The van der Waals surface area contributed by atoms with Gasteiger partial charge in [0.25, 0.3) is 0 Å². The van der Waals surface area contributed by atoms with Crippen LogP contribution in [0.25, 0.3) is 22.3 Å². The minimum Gasteiger partial charge on any atom is -0.232 e. The molecular weight excluding hydrogens is 256 g/mol. The van der Waals surface area contributed by atoms with E-state index < -0.39 is 0 Å². The van der Waals surface area contributed by atoms with Gasteiger partial charge in [-0.2, -0.15) is 0 Å². The third kappa shape index (κ3) is 2.94. The van der Waals surface area contributed by atoms with Crippen LogP contribution in [0.5, 0.6) is 0 Å². The van der Waals surface area contributed by atoms with Crippen molar-refractivity contribution in [3.05, 3.63) is 59.8 Å². The molecule has 0 fully saturated rings. The molecule has 3 aromatic rings. The van der Waals surface area contributed by atoms with Crippen LogP contribution < -0.4 is 0 Å². The molecule has 0 aliphatic heterocycles. The summed E-state index contributed by atoms with van der Waals surface area (Å²) in [5.74, 6) is 0.833. The molecule has 0 spiro atoms. The van der Waals surface area contributed by atoms with Crippen LogP contribution in [0.4, 0.5) is 0 Å². The molecule has 2 nitrogen and oxygen atoms in total. The number of aryl methyl sites for hydroxylation is 2. The molecule has 0 aliphatic carbocycles. The van der Waals surface area contributed by atoms with Gasteiger partial charge >= 0.3 is 0 Å². The molecule has 0 radical (unpaired) electrons. The Bertz CT molecular complexity index is 745. The van der Waals surface area contributed by atoms with Crippen molar-refractivity contribution < 1.29 is 0 Å². The lowest BCUT2D eigenvalue weighted by Gasteiger charge is -2.08. The van der Waals surface area contributed by atoms with Crippen molar-refractivity contribution >= 4 is 10.9 Å². The van der Waals surface area contributed by atoms with E-state index in [1.807, 2.05) is 6.07 Å². The number of unbranched alkanes of at least 4 members (excludes halogenated alkanes) is 1. The fourth-order valence-electron chi connectivity index (χ4n) is 2.51. The minimum atomic E-state index is 0.833. The summed E-state index contributed by atoms with van der Waals surface area (Å²) >= 11 is 0. The van der Waals surface area contributed by atoms with Crippen LogP contribution in [0.2, 0.25) is 0 Å². The van der Waals surface area contributed by atoms with Crippen LogP contribution in [0, 0.1) is 6.92 Å². The predicted molar refractivity (Wildman–Crippen MR) is 88.3 cm³/mol. The van der Waals surface area contributed by atoms with Crippen molar-refractivity contribution in [2.75, 3.05) is 0 Å². The molecular formula is C19H20N2. The highest BCUT2D eigenvalue weighted by molar-refractivity contribution is 5.82. The number of fused-ring (bicyclic) bond motifs is 1. The van der Waals surface area contributed by atoms with Crippen molar-refractivity contribution in [3.63, 3.8) is 0 Å². The maximum absolute atomic E-state index is 4.83. The van der Waals surface area contributed by atoms with E-state index in [4.69, 9.17) is 9.97 Å². The third-order valence-corrected chi connectivity index (χ3v) is 3.76. The fraction of sp³-hybridized carbons (Fsp3) is 0.263. The number of rotatable bonds is 4. The SMILES string of the molecule is CCCCc1nc(-c2ccc(C)cc2)nc2ccccc12. The van der Waals surface area contributed by atoms with Crippen molar-refractivity contribution in [1.29, 1.82) is 0 Å². The van der Waals surface area contributed by atoms with Gasteiger partial charge in [-0.3, -0.25) is 0 Å². The Labute approximate surface area is 125 Å². The maximum Gasteiger partial charge on any atom is 0.160 e. The summed E-state index contributed by atoms with van der Waals surface area (Å²) < 4.78 is 0. The van der Waals surface area contributed by atoms with E-state index in [-0.39, 0.29) is 0 Å². The average Bonchev–Trinajstić information content (AvgIpc) is 2.53. The van der Waals surface area contributed by atoms with Crippen molar-refractivity contribution in [2.24, 2.45) is 0 Å². The average molecular weight is 276 g/mol. The molecule has 106 valence electrons. The number of para-hydroxylation sites is 1. The van der Waals surface area contributed by atoms with E-state index in [1.165, 1.54) is 17.4 Å². The number of benzene rings is 2. The molecule has 0 N–H and O–H groups in total. The zero-order chi connectivity index (χ0) is 14.7. The van der Waals surface area contributed by atoms with Gasteiger partial charge < -0.3 is 0 Å². The van der Waals surface area contributed by atoms with Crippen molar-refractivity contribution in [1.82, 2.24) is 9.97 Å². The molecule has 0 bridgehead atoms. The summed E-state index contributed by atoms with van der Waals surface area (Å²) in [6, 6.07) is 16.7. The molecule has 0 atom stereocenters. The van der Waals surface area contributed by atoms with Gasteiger partial charge in [0, 0.05) is 10.9 Å². The summed E-state index contributed by atoms with van der Waals surface area (Å²) in [5, 5.41) is 1.18. The van der Waals surface area contributed by atoms with Gasteiger partial charge in [-0.15, -0.1) is 0 Å². The Morgan fingerprint density at radius 3 is 2.43 bits per heavy atom. The van der Waals surface area contributed by atoms with E-state index in [0.717, 1.165) is 35.4 Å². The summed E-state index contributed by atoms with van der Waals surface area (Å²) in [7, 11) is 0. The maximum atomic E-state index is 4.83. The summed E-state index contributed by atoms with van der Waals surface area (Å²) in [4.78, 5) is 9.56. The first-order valence-corrected chi connectivity index (χ1v) is 7.60. The molecule has 0 amide bonds. The second kappa shape index (κ2) is 6.04. The number of aromatic nitrogens is 2. The van der Waals surface area contributed by atoms with Gasteiger partial charge in [0.1, 0.15) is 0 Å². The molecule has 21 heavy (non-hydrogen) atoms. The zero-order valence-electron chi connectivity index (χ0n) is 12.6. The van der Waals surface area contributed by atoms with Gasteiger partial charge in [0.2, 0.25) is 0 Å². The topological polar surface area (TPSA) is 25.8 Å². The molecule has 1 heterocycles. The zero-order valence-corrected chi connectivity index (χ0v) is 12.6. The highest BCUT2D eigenvalue weighted by atomic mass is 14.9. The van der Waals surface area contributed by atoms with Crippen LogP contribution in [-0.2, 0) is 6.42 Å². The molecule has 0 aliphatic rings. The number of hydrogen-bond acceptors (Lipinski definition) is 2. The van der Waals surface area contributed by atoms with Crippen LogP contribution in [-0.4, -0.2) is 9.97 Å². The fourth-order valence-corrected chi connectivity index (χ4v) is 2.51. The molecule has 0 saturated heterocycles. The molecule has 2 aromatic carbocycles. The Hall–Kier alpha value is -2.22. The Morgan fingerprint density at radius 1 is 0.905 bits per heavy atom. The lowest BCUT2D eigenvalue weighted by atomic mass is 10.1. The molecule has 3 rings (SSSR count). The van der Waals surface area contributed by atoms with E-state index in [9.17, 15) is 0 Å². The molecule has 0 unspecified atom stereocenters. The van der Waals surface area contributed by atoms with E-state index in [1.54, 1.807) is 0 Å². The lowest BCUT2D eigenvalue weighted by Crippen LogP contribution is -1.98. The highest BCUT2D eigenvalue weighted by Crippen LogP contribution is 2.23. The van der Waals surface area contributed by atoms with E-state index in [2.05, 4.69) is 56.3 Å². The lowest BCUT2D eigenvalue weighted by molar-refractivity contribution is 0.781. The second-order valence-electron chi connectivity index (χ2n) is 5.48. The highest BCUT2D eigenvalue weighted by Gasteiger charge is 2.08. The Balaban J connectivity index is 2.12. The smallest absolute Gasteiger partial charge is 0.160 e. The van der Waals surface area contributed by atoms with Gasteiger partial charge in [-0.25, -0.2) is 9.97 Å². The Morgan fingerprint density at radius 2 is 1.67 bits per heavy atom. The first-order chi connectivity index (χ1) is 10.3. The van der Waals surface area contributed by atoms with E-state index >= 15 is 0 Å². The number of nitrogens with zero attached hydrogens (tertiary/aromatic N) is 2. The standard InChI is InChI=1S/C19H20N2/c1-3-4-8-17-16-7-5-6-9-18(16)21-19(20-17)15-12-10-14(2)11-13-15/h5-7,9-13H,3-4,8H2,1-2H3. The van der Waals surface area contributed by atoms with Crippen molar-refractivity contribution in [3.8, 4) is 11.4 Å². The van der Waals surface area contributed by atoms with Crippen LogP contribution in [0.1, 0.15) is 31.0 Å². The van der Waals surface area contributed by atoms with Gasteiger partial charge in [-0.1, -0.05) is 61.4 Å². The van der Waals surface area contributed by atoms with Gasteiger partial charge in [0.05, 0.1) is 11.2 Å². The van der Waals surface area contributed by atoms with E-state index in [0.29, 0.717) is 0 Å². The van der Waals surface area contributed by atoms with Gasteiger partial charge in [-0.05, 0) is 25.8 Å². The van der Waals surface area contributed by atoms with Gasteiger partial charge in [0.15, 0.2) is 5.82 Å². The first-order valence-electron chi connectivity index (χ1n) is 7.60. The number of hydrogen-bond donors (Lipinski definition) is 0. The summed E-state index contributed by atoms with van der Waals surface area (Å²) in [6.07, 6.45) is 3.35. The Kier molecular flexibility index (Phi) is 3.96. The summed E-state index contributed by atoms with van der Waals surface area (Å²) in [5.41, 5.74) is 4.54. The quantitative estimate of drug-likeness (QED) is 0.674. The third-order valence-electron chi connectivity index (χ3n) is 3.76. The van der Waals surface area contributed by atoms with Crippen LogP contribution in [0.15, 0.2) is 48.5 Å². The van der Waals surface area contributed by atoms with Crippen molar-refractivity contribution in [2.45, 2.75) is 33.1 Å². The second-order valence-corrected chi connectivity index (χ2v) is 5.48. The largest absolute Gasteiger partial charge is 0.232 e. The van der Waals surface area contributed by atoms with Crippen LogP contribution >= 0.6 is 0 Å². The normalized spacial score (nSPS) is 11.0.